The van der Waals surface area contributed by atoms with E-state index >= 15 is 0 Å². The number of carbonyl (C=O) groups excluding carboxylic acids is 2. The zero-order valence-corrected chi connectivity index (χ0v) is 18.3. The third-order valence-electron chi connectivity index (χ3n) is 9.76. The van der Waals surface area contributed by atoms with Gasteiger partial charge in [-0.2, -0.15) is 0 Å². The number of amides is 1. The number of ether oxygens (including phenoxy) is 1. The molecule has 4 saturated carbocycles. The Morgan fingerprint density at radius 3 is 2.50 bits per heavy atom. The lowest BCUT2D eigenvalue weighted by atomic mass is 9.44. The van der Waals surface area contributed by atoms with Gasteiger partial charge in [0.25, 0.3) is 0 Å². The number of fused-ring (bicyclic) bond motifs is 4. The summed E-state index contributed by atoms with van der Waals surface area (Å²) in [5.74, 6) is 2.76. The van der Waals surface area contributed by atoms with Crippen molar-refractivity contribution in [1.82, 2.24) is 5.32 Å². The maximum absolute atomic E-state index is 13.1. The van der Waals surface area contributed by atoms with Gasteiger partial charge in [0, 0.05) is 23.3 Å². The Morgan fingerprint density at radius 1 is 1.04 bits per heavy atom. The molecular weight excluding hydrogens is 350 g/mol. The Labute approximate surface area is 169 Å². The molecule has 28 heavy (non-hydrogen) atoms. The van der Waals surface area contributed by atoms with E-state index in [-0.39, 0.29) is 39.9 Å². The first-order valence-corrected chi connectivity index (χ1v) is 11.5. The van der Waals surface area contributed by atoms with Crippen LogP contribution in [0, 0.1) is 34.5 Å². The Kier molecular flexibility index (Phi) is 3.83. The number of hydrogen-bond acceptors (Lipinski definition) is 3. The van der Waals surface area contributed by atoms with Crippen LogP contribution in [0.4, 0.5) is 0 Å². The van der Waals surface area contributed by atoms with Gasteiger partial charge in [0.05, 0.1) is 0 Å². The van der Waals surface area contributed by atoms with Crippen LogP contribution in [0.25, 0.3) is 0 Å². The van der Waals surface area contributed by atoms with Gasteiger partial charge in [-0.15, -0.1) is 0 Å². The van der Waals surface area contributed by atoms with Crippen LogP contribution in [-0.4, -0.2) is 28.9 Å². The minimum absolute atomic E-state index is 0.102. The van der Waals surface area contributed by atoms with Gasteiger partial charge < -0.3 is 10.1 Å². The van der Waals surface area contributed by atoms with Crippen molar-refractivity contribution in [3.8, 4) is 0 Å². The second-order valence-electron chi connectivity index (χ2n) is 12.1. The van der Waals surface area contributed by atoms with E-state index in [9.17, 15) is 9.59 Å². The van der Waals surface area contributed by atoms with E-state index in [1.165, 1.54) is 19.3 Å². The number of ketones is 1. The Hall–Kier alpha value is -0.900. The largest absolute Gasteiger partial charge is 0.357 e. The fraction of sp³-hybridized carbons (Fsp3) is 0.917. The molecule has 0 aromatic heterocycles. The molecule has 1 aliphatic heterocycles. The number of Topliss-reactive ketones (excluding diaryl/α,β-unsaturated/α-hetero) is 1. The third-order valence-corrected chi connectivity index (χ3v) is 9.76. The molecule has 0 aromatic carbocycles. The first-order valence-electron chi connectivity index (χ1n) is 11.5. The first-order chi connectivity index (χ1) is 13.0. The standard InChI is InChI=1S/C24H37NO3/c1-21(2,3)25-20(27)17-7-6-15-14-8-13-24-19(28-24)18(26)10-12-23(24,5)16(14)9-11-22(15,17)4/h14-17,19H,6-13H2,1-5H3,(H,25,27)/t14-,15-,16+,17?,19?,22-,23+,24?/m0/s1. The smallest absolute Gasteiger partial charge is 0.224 e. The molecule has 1 saturated heterocycles. The summed E-state index contributed by atoms with van der Waals surface area (Å²) in [7, 11) is 0. The fourth-order valence-electron chi connectivity index (χ4n) is 8.39. The minimum Gasteiger partial charge on any atom is -0.357 e. The topological polar surface area (TPSA) is 58.7 Å². The number of carbonyl (C=O) groups is 2. The summed E-state index contributed by atoms with van der Waals surface area (Å²) in [6.45, 7) is 11.1. The van der Waals surface area contributed by atoms with Crippen LogP contribution in [0.2, 0.25) is 0 Å². The van der Waals surface area contributed by atoms with Crippen molar-refractivity contribution in [2.45, 2.75) is 103 Å². The van der Waals surface area contributed by atoms with Crippen LogP contribution < -0.4 is 5.32 Å². The average Bonchev–Trinajstić information content (AvgIpc) is 3.23. The van der Waals surface area contributed by atoms with Gasteiger partial charge in [-0.05, 0) is 88.9 Å². The summed E-state index contributed by atoms with van der Waals surface area (Å²) in [4.78, 5) is 25.4. The van der Waals surface area contributed by atoms with Crippen molar-refractivity contribution >= 4 is 11.7 Å². The SMILES string of the molecule is CC(C)(C)NC(=O)C1CC[C@H]2[C@@H]3CCC45OC4C(=O)CC[C@]5(C)[C@@H]3CC[C@]12C. The first kappa shape index (κ1) is 19.1. The van der Waals surface area contributed by atoms with Crippen molar-refractivity contribution in [2.24, 2.45) is 34.5 Å². The molecule has 5 fully saturated rings. The zero-order valence-electron chi connectivity index (χ0n) is 18.3. The lowest BCUT2D eigenvalue weighted by molar-refractivity contribution is -0.141. The van der Waals surface area contributed by atoms with E-state index < -0.39 is 0 Å². The summed E-state index contributed by atoms with van der Waals surface area (Å²) in [6, 6.07) is 0. The van der Waals surface area contributed by atoms with Gasteiger partial charge in [-0.3, -0.25) is 9.59 Å². The van der Waals surface area contributed by atoms with Crippen molar-refractivity contribution in [3.05, 3.63) is 0 Å². The second kappa shape index (κ2) is 5.62. The Bertz CT molecular complexity index is 726. The van der Waals surface area contributed by atoms with Crippen LogP contribution in [0.3, 0.4) is 0 Å². The van der Waals surface area contributed by atoms with Gasteiger partial charge in [0.2, 0.25) is 5.91 Å². The predicted molar refractivity (Wildman–Crippen MR) is 108 cm³/mol. The van der Waals surface area contributed by atoms with Crippen LogP contribution in [0.15, 0.2) is 0 Å². The van der Waals surface area contributed by atoms with Crippen molar-refractivity contribution < 1.29 is 14.3 Å². The quantitative estimate of drug-likeness (QED) is 0.684. The summed E-state index contributed by atoms with van der Waals surface area (Å²) in [5, 5.41) is 3.27. The monoisotopic (exact) mass is 387 g/mol. The number of nitrogens with one attached hydrogen (secondary N) is 1. The molecule has 0 aromatic rings. The summed E-state index contributed by atoms with van der Waals surface area (Å²) < 4.78 is 6.17. The van der Waals surface area contributed by atoms with E-state index in [0.717, 1.165) is 25.7 Å². The molecule has 4 nitrogen and oxygen atoms in total. The van der Waals surface area contributed by atoms with Crippen molar-refractivity contribution in [1.29, 1.82) is 0 Å². The molecule has 4 aliphatic carbocycles. The van der Waals surface area contributed by atoms with Crippen LogP contribution in [0.5, 0.6) is 0 Å². The summed E-state index contributed by atoms with van der Waals surface area (Å²) in [6.07, 6.45) is 8.38. The maximum Gasteiger partial charge on any atom is 0.224 e. The van der Waals surface area contributed by atoms with E-state index in [2.05, 4.69) is 39.9 Å². The fourth-order valence-corrected chi connectivity index (χ4v) is 8.39. The molecule has 1 heterocycles. The molecular formula is C24H37NO3. The Morgan fingerprint density at radius 2 is 1.79 bits per heavy atom. The van der Waals surface area contributed by atoms with Gasteiger partial charge in [0.1, 0.15) is 11.7 Å². The van der Waals surface area contributed by atoms with Crippen molar-refractivity contribution in [3.63, 3.8) is 0 Å². The van der Waals surface area contributed by atoms with Gasteiger partial charge in [0.15, 0.2) is 5.78 Å². The van der Waals surface area contributed by atoms with Crippen LogP contribution in [0.1, 0.15) is 86.0 Å². The van der Waals surface area contributed by atoms with Crippen LogP contribution in [-0.2, 0) is 14.3 Å². The predicted octanol–water partition coefficient (Wildman–Crippen LogP) is 4.26. The normalized spacial score (nSPS) is 52.2. The third kappa shape index (κ3) is 2.33. The Balaban J connectivity index is 1.40. The second-order valence-corrected chi connectivity index (χ2v) is 12.1. The van der Waals surface area contributed by atoms with E-state index in [4.69, 9.17) is 4.74 Å². The molecule has 4 heteroatoms. The molecule has 0 radical (unpaired) electrons. The average molecular weight is 388 g/mol. The number of rotatable bonds is 1. The van der Waals surface area contributed by atoms with Gasteiger partial charge >= 0.3 is 0 Å². The highest BCUT2D eigenvalue weighted by atomic mass is 16.6. The highest BCUT2D eigenvalue weighted by Crippen LogP contribution is 2.72. The summed E-state index contributed by atoms with van der Waals surface area (Å²) in [5.41, 5.74) is -0.0213. The van der Waals surface area contributed by atoms with E-state index in [1.54, 1.807) is 0 Å². The van der Waals surface area contributed by atoms with Crippen LogP contribution >= 0.6 is 0 Å². The molecule has 1 spiro atoms. The van der Waals surface area contributed by atoms with E-state index in [0.29, 0.717) is 30.0 Å². The lowest BCUT2D eigenvalue weighted by Crippen LogP contribution is -2.58. The molecule has 3 unspecified atom stereocenters. The zero-order chi connectivity index (χ0) is 20.1. The maximum atomic E-state index is 13.1. The van der Waals surface area contributed by atoms with Gasteiger partial charge in [-0.25, -0.2) is 0 Å². The highest BCUT2D eigenvalue weighted by Gasteiger charge is 2.76. The lowest BCUT2D eigenvalue weighted by Gasteiger charge is -2.59. The molecule has 1 amide bonds. The number of epoxide rings is 1. The van der Waals surface area contributed by atoms with Crippen molar-refractivity contribution in [2.75, 3.05) is 0 Å². The van der Waals surface area contributed by atoms with E-state index in [1.807, 2.05) is 0 Å². The van der Waals surface area contributed by atoms with Gasteiger partial charge in [-0.1, -0.05) is 13.8 Å². The molecule has 5 aliphatic rings. The number of hydrogen-bond donors (Lipinski definition) is 1. The summed E-state index contributed by atoms with van der Waals surface area (Å²) >= 11 is 0. The molecule has 156 valence electrons. The molecule has 0 bridgehead atoms. The minimum atomic E-state index is -0.166. The molecule has 1 N–H and O–H groups in total. The molecule has 8 atom stereocenters. The molecule has 5 rings (SSSR count). The highest BCUT2D eigenvalue weighted by molar-refractivity contribution is 5.88.